The molecule has 0 saturated heterocycles. The van der Waals surface area contributed by atoms with E-state index in [0.29, 0.717) is 11.1 Å². The fourth-order valence-electron chi connectivity index (χ4n) is 1.58. The van der Waals surface area contributed by atoms with Crippen LogP contribution >= 0.6 is 33.9 Å². The number of thiophene rings is 1. The molecule has 6 heteroatoms. The number of benzene rings is 1. The number of carbonyl (C=O) groups excluding carboxylic acids is 1. The Morgan fingerprint density at radius 3 is 2.47 bits per heavy atom. The molecular formula is C13H10INO3S. The molecule has 1 amide bonds. The van der Waals surface area contributed by atoms with E-state index in [0.717, 1.165) is 2.88 Å². The largest absolute Gasteiger partial charge is 0.479 e. The van der Waals surface area contributed by atoms with Crippen LogP contribution in [0.4, 0.5) is 0 Å². The molecule has 0 radical (unpaired) electrons. The van der Waals surface area contributed by atoms with E-state index in [1.54, 1.807) is 41.8 Å². The number of halogens is 1. The minimum Gasteiger partial charge on any atom is -0.479 e. The van der Waals surface area contributed by atoms with Crippen molar-refractivity contribution < 1.29 is 14.7 Å². The maximum atomic E-state index is 12.0. The summed E-state index contributed by atoms with van der Waals surface area (Å²) < 4.78 is 0.981. The highest BCUT2D eigenvalue weighted by Gasteiger charge is 2.22. The first-order valence-electron chi connectivity index (χ1n) is 5.40. The van der Waals surface area contributed by atoms with Crippen LogP contribution in [-0.2, 0) is 4.79 Å². The minimum atomic E-state index is -1.08. The van der Waals surface area contributed by atoms with Gasteiger partial charge in [-0.2, -0.15) is 0 Å². The van der Waals surface area contributed by atoms with Crippen molar-refractivity contribution in [2.24, 2.45) is 0 Å². The molecule has 0 saturated carbocycles. The van der Waals surface area contributed by atoms with E-state index in [9.17, 15) is 14.7 Å². The van der Waals surface area contributed by atoms with Crippen molar-refractivity contribution in [2.45, 2.75) is 6.04 Å². The molecule has 0 unspecified atom stereocenters. The summed E-state index contributed by atoms with van der Waals surface area (Å²) in [6.45, 7) is 0. The summed E-state index contributed by atoms with van der Waals surface area (Å²) in [5, 5.41) is 13.5. The summed E-state index contributed by atoms with van der Waals surface area (Å²) in [6, 6.07) is 9.32. The topological polar surface area (TPSA) is 66.4 Å². The van der Waals surface area contributed by atoms with Gasteiger partial charge in [0.25, 0.3) is 5.91 Å². The molecule has 2 rings (SSSR count). The van der Waals surface area contributed by atoms with Crippen LogP contribution in [0.3, 0.4) is 0 Å². The molecule has 0 fully saturated rings. The van der Waals surface area contributed by atoms with E-state index in [1.165, 1.54) is 11.3 Å². The highest BCUT2D eigenvalue weighted by molar-refractivity contribution is 14.1. The summed E-state index contributed by atoms with van der Waals surface area (Å²) in [4.78, 5) is 23.2. The van der Waals surface area contributed by atoms with Gasteiger partial charge in [-0.15, -0.1) is 11.3 Å². The van der Waals surface area contributed by atoms with Crippen LogP contribution in [0, 0.1) is 2.88 Å². The zero-order valence-corrected chi connectivity index (χ0v) is 12.6. The summed E-state index contributed by atoms with van der Waals surface area (Å²) in [5.41, 5.74) is 1.03. The van der Waals surface area contributed by atoms with Crippen molar-refractivity contribution in [3.05, 3.63) is 55.8 Å². The Morgan fingerprint density at radius 1 is 1.26 bits per heavy atom. The van der Waals surface area contributed by atoms with E-state index in [1.807, 2.05) is 0 Å². The van der Waals surface area contributed by atoms with Crippen molar-refractivity contribution in [1.82, 2.24) is 5.32 Å². The summed E-state index contributed by atoms with van der Waals surface area (Å²) in [6.07, 6.45) is 0. The predicted molar refractivity (Wildman–Crippen MR) is 81.3 cm³/mol. The highest BCUT2D eigenvalue weighted by Crippen LogP contribution is 2.18. The van der Waals surface area contributed by atoms with Crippen LogP contribution in [0.5, 0.6) is 0 Å². The molecule has 2 N–H and O–H groups in total. The van der Waals surface area contributed by atoms with Gasteiger partial charge in [-0.1, -0.05) is 30.3 Å². The first-order valence-corrected chi connectivity index (χ1v) is 7.36. The van der Waals surface area contributed by atoms with Gasteiger partial charge in [0.2, 0.25) is 0 Å². The third-order valence-corrected chi connectivity index (χ3v) is 4.27. The number of rotatable bonds is 4. The zero-order valence-electron chi connectivity index (χ0n) is 9.67. The molecule has 1 aromatic carbocycles. The van der Waals surface area contributed by atoms with Crippen LogP contribution in [0.2, 0.25) is 0 Å². The van der Waals surface area contributed by atoms with Gasteiger partial charge in [-0.25, -0.2) is 4.79 Å². The molecule has 2 aromatic rings. The fraction of sp³-hybridized carbons (Fsp3) is 0.0769. The minimum absolute atomic E-state index is 0.379. The van der Waals surface area contributed by atoms with Crippen LogP contribution in [0.15, 0.2) is 41.8 Å². The molecule has 1 heterocycles. The van der Waals surface area contributed by atoms with Gasteiger partial charge in [0.1, 0.15) is 0 Å². The highest BCUT2D eigenvalue weighted by atomic mass is 127. The number of carboxylic acids is 1. The summed E-state index contributed by atoms with van der Waals surface area (Å²) in [7, 11) is 0. The number of amides is 1. The van der Waals surface area contributed by atoms with Crippen LogP contribution < -0.4 is 5.32 Å². The number of hydrogen-bond acceptors (Lipinski definition) is 3. The maximum absolute atomic E-state index is 12.0. The molecular weight excluding hydrogens is 377 g/mol. The van der Waals surface area contributed by atoms with E-state index in [4.69, 9.17) is 0 Å². The molecule has 0 aliphatic carbocycles. The second-order valence-corrected chi connectivity index (χ2v) is 6.60. The second kappa shape index (κ2) is 6.16. The van der Waals surface area contributed by atoms with Gasteiger partial charge < -0.3 is 10.4 Å². The first kappa shape index (κ1) is 14.0. The lowest BCUT2D eigenvalue weighted by atomic mass is 10.1. The molecule has 19 heavy (non-hydrogen) atoms. The average Bonchev–Trinajstić information content (AvgIpc) is 2.83. The molecule has 0 spiro atoms. The normalized spacial score (nSPS) is 11.8. The van der Waals surface area contributed by atoms with Crippen molar-refractivity contribution in [3.63, 3.8) is 0 Å². The van der Waals surface area contributed by atoms with Crippen molar-refractivity contribution in [1.29, 1.82) is 0 Å². The molecule has 4 nitrogen and oxygen atoms in total. The van der Waals surface area contributed by atoms with Crippen molar-refractivity contribution in [3.8, 4) is 0 Å². The van der Waals surface area contributed by atoms with Crippen LogP contribution in [0.25, 0.3) is 0 Å². The monoisotopic (exact) mass is 387 g/mol. The van der Waals surface area contributed by atoms with Crippen LogP contribution in [0.1, 0.15) is 22.0 Å². The lowest BCUT2D eigenvalue weighted by Crippen LogP contribution is -2.33. The third-order valence-electron chi connectivity index (χ3n) is 2.48. The number of nitrogens with one attached hydrogen (secondary N) is 1. The molecule has 0 bridgehead atoms. The lowest BCUT2D eigenvalue weighted by molar-refractivity contribution is -0.139. The molecule has 1 atom stereocenters. The lowest BCUT2D eigenvalue weighted by Gasteiger charge is -2.14. The van der Waals surface area contributed by atoms with Crippen molar-refractivity contribution >= 4 is 45.8 Å². The number of aliphatic carboxylic acids is 1. The zero-order chi connectivity index (χ0) is 13.8. The molecule has 0 aliphatic rings. The Bertz CT molecular complexity index is 597. The predicted octanol–water partition coefficient (Wildman–Crippen LogP) is 2.91. The fourth-order valence-corrected chi connectivity index (χ4v) is 2.90. The quantitative estimate of drug-likeness (QED) is 0.793. The Morgan fingerprint density at radius 2 is 1.95 bits per heavy atom. The van der Waals surface area contributed by atoms with E-state index in [-0.39, 0.29) is 5.91 Å². The SMILES string of the molecule is O=C(N[C@H](C(=O)O)c1ccccc1)c1csc(I)c1. The second-order valence-electron chi connectivity index (χ2n) is 3.79. The number of carbonyl (C=O) groups is 2. The van der Waals surface area contributed by atoms with Gasteiger partial charge in [0.15, 0.2) is 6.04 Å². The molecule has 0 aliphatic heterocycles. The van der Waals surface area contributed by atoms with Gasteiger partial charge in [-0.05, 0) is 34.2 Å². The summed E-state index contributed by atoms with van der Waals surface area (Å²) in [5.74, 6) is -1.46. The van der Waals surface area contributed by atoms with Gasteiger partial charge in [0.05, 0.1) is 8.45 Å². The van der Waals surface area contributed by atoms with E-state index in [2.05, 4.69) is 27.9 Å². The van der Waals surface area contributed by atoms with Gasteiger partial charge >= 0.3 is 5.97 Å². The van der Waals surface area contributed by atoms with Gasteiger partial charge in [-0.3, -0.25) is 4.79 Å². The Balaban J connectivity index is 2.18. The number of carboxylic acid groups (broad SMARTS) is 1. The molecule has 98 valence electrons. The number of hydrogen-bond donors (Lipinski definition) is 2. The Labute approximate surface area is 127 Å². The third kappa shape index (κ3) is 3.54. The Kier molecular flexibility index (Phi) is 4.54. The molecule has 1 aromatic heterocycles. The van der Waals surface area contributed by atoms with Crippen molar-refractivity contribution in [2.75, 3.05) is 0 Å². The Hall–Kier alpha value is -1.41. The smallest absolute Gasteiger partial charge is 0.330 e. The van der Waals surface area contributed by atoms with E-state index >= 15 is 0 Å². The van der Waals surface area contributed by atoms with E-state index < -0.39 is 12.0 Å². The van der Waals surface area contributed by atoms with Crippen LogP contribution in [-0.4, -0.2) is 17.0 Å². The van der Waals surface area contributed by atoms with Gasteiger partial charge in [0, 0.05) is 5.38 Å². The maximum Gasteiger partial charge on any atom is 0.330 e. The first-order chi connectivity index (χ1) is 9.08. The summed E-state index contributed by atoms with van der Waals surface area (Å²) >= 11 is 3.56. The average molecular weight is 387 g/mol. The standard InChI is InChI=1S/C13H10INO3S/c14-10-6-9(7-19-10)12(16)15-11(13(17)18)8-4-2-1-3-5-8/h1-7,11H,(H,15,16)(H,17,18)/t11-/m0/s1.